The molecule has 0 saturated carbocycles. The van der Waals surface area contributed by atoms with E-state index in [0.29, 0.717) is 0 Å². The molecule has 0 radical (unpaired) electrons. The second-order valence-electron chi connectivity index (χ2n) is 8.11. The van der Waals surface area contributed by atoms with E-state index in [0.717, 1.165) is 0 Å². The van der Waals surface area contributed by atoms with Crippen molar-refractivity contribution in [2.45, 2.75) is 82.8 Å². The SMILES string of the molecule is C=C(C)C(=O)OC[C@H]1O[C@@H]2OC(C)(CC(=O)O)O[C@@H]2[C@H]2OC(C)(CC(=O)OCC)O[C@H]21. The summed E-state index contributed by atoms with van der Waals surface area (Å²) in [5, 5.41) is 9.17. The predicted octanol–water partition coefficient (Wildman–Crippen LogP) is 0.890. The fourth-order valence-corrected chi connectivity index (χ4v) is 3.87. The lowest BCUT2D eigenvalue weighted by molar-refractivity contribution is -0.246. The van der Waals surface area contributed by atoms with E-state index in [2.05, 4.69) is 6.58 Å². The van der Waals surface area contributed by atoms with E-state index in [1.54, 1.807) is 13.8 Å². The third-order valence-electron chi connectivity index (χ3n) is 5.08. The first kappa shape index (κ1) is 23.6. The maximum absolute atomic E-state index is 12.0. The van der Waals surface area contributed by atoms with Gasteiger partial charge in [0.15, 0.2) is 17.9 Å². The zero-order valence-electron chi connectivity index (χ0n) is 18.0. The van der Waals surface area contributed by atoms with Crippen LogP contribution in [0.1, 0.15) is 40.5 Å². The Hall–Kier alpha value is -2.05. The lowest BCUT2D eigenvalue weighted by Crippen LogP contribution is -2.56. The normalized spacial score (nSPS) is 38.8. The van der Waals surface area contributed by atoms with Gasteiger partial charge in [-0.3, -0.25) is 9.59 Å². The van der Waals surface area contributed by atoms with E-state index < -0.39 is 66.6 Å². The molecule has 3 fully saturated rings. The third kappa shape index (κ3) is 5.24. The number of aliphatic carboxylic acids is 1. The summed E-state index contributed by atoms with van der Waals surface area (Å²) in [6, 6.07) is 0. The molecule has 3 aliphatic rings. The van der Waals surface area contributed by atoms with E-state index in [9.17, 15) is 14.4 Å². The Balaban J connectivity index is 1.80. The smallest absolute Gasteiger partial charge is 0.333 e. The summed E-state index contributed by atoms with van der Waals surface area (Å²) in [6.07, 6.45) is -4.74. The first-order valence-corrected chi connectivity index (χ1v) is 10.0. The first-order valence-electron chi connectivity index (χ1n) is 10.0. The zero-order valence-corrected chi connectivity index (χ0v) is 18.0. The minimum atomic E-state index is -1.45. The molecular weight excluding hydrogens is 416 g/mol. The molecule has 31 heavy (non-hydrogen) atoms. The average molecular weight is 444 g/mol. The van der Waals surface area contributed by atoms with Crippen molar-refractivity contribution in [2.75, 3.05) is 13.2 Å². The van der Waals surface area contributed by atoms with Gasteiger partial charge in [-0.05, 0) is 27.7 Å². The topological polar surface area (TPSA) is 136 Å². The number of hydrogen-bond acceptors (Lipinski definition) is 10. The molecule has 3 aliphatic heterocycles. The molecule has 2 unspecified atom stereocenters. The number of ether oxygens (including phenoxy) is 7. The van der Waals surface area contributed by atoms with Gasteiger partial charge >= 0.3 is 17.9 Å². The van der Waals surface area contributed by atoms with Crippen LogP contribution in [0.25, 0.3) is 0 Å². The maximum Gasteiger partial charge on any atom is 0.333 e. The summed E-state index contributed by atoms with van der Waals surface area (Å²) in [5.74, 6) is -5.01. The molecule has 11 heteroatoms. The van der Waals surface area contributed by atoms with Crippen LogP contribution in [-0.2, 0) is 47.5 Å². The lowest BCUT2D eigenvalue weighted by Gasteiger charge is -2.36. The van der Waals surface area contributed by atoms with Crippen LogP contribution in [-0.4, -0.2) is 78.5 Å². The molecule has 0 aromatic rings. The predicted molar refractivity (Wildman–Crippen MR) is 100 cm³/mol. The molecule has 1 N–H and O–H groups in total. The van der Waals surface area contributed by atoms with Crippen LogP contribution in [0.3, 0.4) is 0 Å². The molecule has 174 valence electrons. The van der Waals surface area contributed by atoms with Gasteiger partial charge in [0.2, 0.25) is 0 Å². The van der Waals surface area contributed by atoms with Crippen molar-refractivity contribution < 1.29 is 52.6 Å². The third-order valence-corrected chi connectivity index (χ3v) is 5.08. The van der Waals surface area contributed by atoms with Gasteiger partial charge in [-0.2, -0.15) is 0 Å². The first-order chi connectivity index (χ1) is 14.4. The Morgan fingerprint density at radius 1 is 0.968 bits per heavy atom. The molecule has 3 heterocycles. The number of hydrogen-bond donors (Lipinski definition) is 1. The van der Waals surface area contributed by atoms with Gasteiger partial charge in [0, 0.05) is 5.57 Å². The molecule has 0 spiro atoms. The minimum Gasteiger partial charge on any atom is -0.481 e. The highest BCUT2D eigenvalue weighted by Crippen LogP contribution is 2.46. The fourth-order valence-electron chi connectivity index (χ4n) is 3.87. The molecule has 3 saturated heterocycles. The Morgan fingerprint density at radius 3 is 2.19 bits per heavy atom. The van der Waals surface area contributed by atoms with Crippen molar-refractivity contribution in [3.05, 3.63) is 12.2 Å². The molecule has 0 aromatic carbocycles. The van der Waals surface area contributed by atoms with Gasteiger partial charge in [-0.25, -0.2) is 4.79 Å². The van der Waals surface area contributed by atoms with Gasteiger partial charge < -0.3 is 38.3 Å². The second-order valence-corrected chi connectivity index (χ2v) is 8.11. The van der Waals surface area contributed by atoms with Crippen molar-refractivity contribution in [3.63, 3.8) is 0 Å². The van der Waals surface area contributed by atoms with Crippen LogP contribution in [0, 0.1) is 0 Å². The molecule has 11 nitrogen and oxygen atoms in total. The van der Waals surface area contributed by atoms with Gasteiger partial charge in [0.1, 0.15) is 31.0 Å². The highest BCUT2D eigenvalue weighted by Gasteiger charge is 2.63. The molecule has 0 amide bonds. The lowest BCUT2D eigenvalue weighted by atomic mass is 9.99. The van der Waals surface area contributed by atoms with E-state index in [4.69, 9.17) is 38.3 Å². The van der Waals surface area contributed by atoms with E-state index >= 15 is 0 Å². The average Bonchev–Trinajstić information content (AvgIpc) is 3.14. The van der Waals surface area contributed by atoms with E-state index in [1.165, 1.54) is 13.8 Å². The van der Waals surface area contributed by atoms with Crippen molar-refractivity contribution >= 4 is 17.9 Å². The zero-order chi connectivity index (χ0) is 23.0. The van der Waals surface area contributed by atoms with E-state index in [-0.39, 0.29) is 25.2 Å². The van der Waals surface area contributed by atoms with Crippen LogP contribution in [0.15, 0.2) is 12.2 Å². The summed E-state index contributed by atoms with van der Waals surface area (Å²) in [7, 11) is 0. The van der Waals surface area contributed by atoms with E-state index in [1.807, 2.05) is 0 Å². The maximum atomic E-state index is 12.0. The highest BCUT2D eigenvalue weighted by molar-refractivity contribution is 5.86. The number of rotatable bonds is 8. The summed E-state index contributed by atoms with van der Waals surface area (Å²) < 4.78 is 39.8. The summed E-state index contributed by atoms with van der Waals surface area (Å²) >= 11 is 0. The Morgan fingerprint density at radius 2 is 1.58 bits per heavy atom. The molecule has 3 rings (SSSR count). The van der Waals surface area contributed by atoms with Gasteiger partial charge in [0.25, 0.3) is 0 Å². The Labute approximate surface area is 179 Å². The number of carbonyl (C=O) groups excluding carboxylic acids is 2. The Bertz CT molecular complexity index is 751. The van der Waals surface area contributed by atoms with Crippen LogP contribution in [0.4, 0.5) is 0 Å². The summed E-state index contributed by atoms with van der Waals surface area (Å²) in [4.78, 5) is 35.1. The molecule has 0 aromatic heterocycles. The molecule has 7 atom stereocenters. The van der Waals surface area contributed by atoms with Crippen molar-refractivity contribution in [3.8, 4) is 0 Å². The van der Waals surface area contributed by atoms with Gasteiger partial charge in [-0.15, -0.1) is 0 Å². The largest absolute Gasteiger partial charge is 0.481 e. The number of carboxylic acid groups (broad SMARTS) is 1. The van der Waals surface area contributed by atoms with Crippen molar-refractivity contribution in [1.29, 1.82) is 0 Å². The monoisotopic (exact) mass is 444 g/mol. The molecular formula is C20H28O11. The van der Waals surface area contributed by atoms with Crippen LogP contribution >= 0.6 is 0 Å². The number of fused-ring (bicyclic) bond motifs is 3. The highest BCUT2D eigenvalue weighted by atomic mass is 16.9. The second kappa shape index (κ2) is 8.83. The van der Waals surface area contributed by atoms with Crippen molar-refractivity contribution in [1.82, 2.24) is 0 Å². The number of carboxylic acids is 1. The summed E-state index contributed by atoms with van der Waals surface area (Å²) in [5.41, 5.74) is 0.218. The van der Waals surface area contributed by atoms with Crippen LogP contribution < -0.4 is 0 Å². The van der Waals surface area contributed by atoms with Crippen LogP contribution in [0.2, 0.25) is 0 Å². The summed E-state index contributed by atoms with van der Waals surface area (Å²) in [6.45, 7) is 9.83. The molecule has 0 aliphatic carbocycles. The number of carbonyl (C=O) groups is 3. The van der Waals surface area contributed by atoms with Crippen LogP contribution in [0.5, 0.6) is 0 Å². The Kier molecular flexibility index (Phi) is 6.72. The van der Waals surface area contributed by atoms with Gasteiger partial charge in [-0.1, -0.05) is 6.58 Å². The van der Waals surface area contributed by atoms with Gasteiger partial charge in [0.05, 0.1) is 19.4 Å². The van der Waals surface area contributed by atoms with Crippen molar-refractivity contribution in [2.24, 2.45) is 0 Å². The number of esters is 2. The fraction of sp³-hybridized carbons (Fsp3) is 0.750. The minimum absolute atomic E-state index is 0.184. The molecule has 0 bridgehead atoms. The quantitative estimate of drug-likeness (QED) is 0.422. The standard InChI is InChI=1S/C20H28O11/c1-6-25-13(23)8-20(5)28-14-11(9-26-17(24)10(2)3)27-18-16(15(14)29-20)30-19(4,31-18)7-12(21)22/h11,14-16,18H,2,6-9H2,1,3-5H3,(H,21,22)/t11-,14+,15+,16-,18-,19?,20?/m1/s1.